The van der Waals surface area contributed by atoms with Crippen LogP contribution in [0.15, 0.2) is 42.5 Å². The van der Waals surface area contributed by atoms with Crippen molar-refractivity contribution in [2.24, 2.45) is 11.8 Å². The molecule has 4 heterocycles. The minimum atomic E-state index is -0.908. The number of halogens is 3. The van der Waals surface area contributed by atoms with Gasteiger partial charge in [-0.2, -0.15) is 9.97 Å². The van der Waals surface area contributed by atoms with Crippen molar-refractivity contribution in [3.05, 3.63) is 53.8 Å². The highest BCUT2D eigenvalue weighted by molar-refractivity contribution is 6.04. The van der Waals surface area contributed by atoms with E-state index >= 15 is 4.39 Å². The highest BCUT2D eigenvalue weighted by atomic mass is 19.1. The molecule has 1 aromatic heterocycles. The first-order valence-electron chi connectivity index (χ1n) is 15.5. The highest BCUT2D eigenvalue weighted by Gasteiger charge is 2.49. The fraction of sp³-hybridized carbons (Fsp3) is 0.429. The Bertz CT molecular complexity index is 1830. The van der Waals surface area contributed by atoms with Gasteiger partial charge in [0, 0.05) is 59.8 Å². The number of aromatic nitrogens is 2. The zero-order chi connectivity index (χ0) is 30.2. The minimum absolute atomic E-state index is 0.0127. The van der Waals surface area contributed by atoms with Crippen molar-refractivity contribution in [2.75, 3.05) is 37.7 Å². The molecule has 2 unspecified atom stereocenters. The molecule has 0 spiro atoms. The van der Waals surface area contributed by atoms with Gasteiger partial charge in [-0.3, -0.25) is 4.90 Å². The van der Waals surface area contributed by atoms with Gasteiger partial charge in [0.2, 0.25) is 0 Å². The number of anilines is 1. The Morgan fingerprint density at radius 2 is 1.86 bits per heavy atom. The topological polar surface area (TPSA) is 61.7 Å². The maximum absolute atomic E-state index is 16.8. The minimum Gasteiger partial charge on any atom is -0.508 e. The Morgan fingerprint density at radius 1 is 1.05 bits per heavy atom. The summed E-state index contributed by atoms with van der Waals surface area (Å²) in [5, 5.41) is 12.4. The van der Waals surface area contributed by atoms with E-state index in [1.165, 1.54) is 6.07 Å². The third kappa shape index (κ3) is 4.29. The molecule has 226 valence electrons. The number of piperidine rings is 1. The molecule has 3 aromatic carbocycles. The van der Waals surface area contributed by atoms with Crippen LogP contribution < -0.4 is 9.64 Å². The molecule has 44 heavy (non-hydrogen) atoms. The zero-order valence-electron chi connectivity index (χ0n) is 24.3. The molecule has 4 aromatic rings. The van der Waals surface area contributed by atoms with Crippen molar-refractivity contribution in [3.8, 4) is 35.2 Å². The molecule has 0 radical (unpaired) electrons. The second-order valence-electron chi connectivity index (χ2n) is 13.0. The first kappa shape index (κ1) is 27.5. The summed E-state index contributed by atoms with van der Waals surface area (Å²) in [6.07, 6.45) is 7.88. The number of ether oxygens (including phenoxy) is 1. The van der Waals surface area contributed by atoms with Gasteiger partial charge in [-0.05, 0) is 67.4 Å². The highest BCUT2D eigenvalue weighted by Crippen LogP contribution is 2.44. The monoisotopic (exact) mass is 598 g/mol. The largest absolute Gasteiger partial charge is 0.508 e. The second-order valence-corrected chi connectivity index (χ2v) is 13.0. The second kappa shape index (κ2) is 10.3. The molecule has 8 rings (SSSR count). The molecule has 9 heteroatoms. The summed E-state index contributed by atoms with van der Waals surface area (Å²) >= 11 is 0. The van der Waals surface area contributed by atoms with Crippen LogP contribution in [0.25, 0.3) is 32.8 Å². The van der Waals surface area contributed by atoms with Crippen LogP contribution in [0.2, 0.25) is 0 Å². The Morgan fingerprint density at radius 3 is 2.66 bits per heavy atom. The summed E-state index contributed by atoms with van der Waals surface area (Å²) in [6.45, 7) is 2.39. The van der Waals surface area contributed by atoms with Crippen LogP contribution in [0, 0.1) is 30.0 Å². The third-order valence-electron chi connectivity index (χ3n) is 10.4. The molecule has 0 amide bonds. The summed E-state index contributed by atoms with van der Waals surface area (Å²) in [6, 6.07) is 12.0. The van der Waals surface area contributed by atoms with E-state index in [4.69, 9.17) is 16.1 Å². The third-order valence-corrected chi connectivity index (χ3v) is 10.4. The first-order chi connectivity index (χ1) is 21.3. The van der Waals surface area contributed by atoms with Gasteiger partial charge in [0.05, 0.1) is 5.54 Å². The van der Waals surface area contributed by atoms with Gasteiger partial charge in [0.1, 0.15) is 36.0 Å². The number of phenolic OH excluding ortho intramolecular Hbond substituents is 1. The predicted molar refractivity (Wildman–Crippen MR) is 164 cm³/mol. The Kier molecular flexibility index (Phi) is 6.42. The van der Waals surface area contributed by atoms with E-state index in [0.29, 0.717) is 59.2 Å². The number of hydrogen-bond donors (Lipinski definition) is 1. The lowest BCUT2D eigenvalue weighted by molar-refractivity contribution is 0.107. The molecule has 3 aliphatic heterocycles. The first-order valence-corrected chi connectivity index (χ1v) is 15.5. The summed E-state index contributed by atoms with van der Waals surface area (Å²) in [5.41, 5.74) is 0.915. The molecule has 2 bridgehead atoms. The maximum atomic E-state index is 16.8. The van der Waals surface area contributed by atoms with Crippen molar-refractivity contribution in [1.82, 2.24) is 14.9 Å². The quantitative estimate of drug-likeness (QED) is 0.268. The molecule has 3 saturated heterocycles. The molecular formula is C35H33F3N4O2. The lowest BCUT2D eigenvalue weighted by Gasteiger charge is -2.36. The molecule has 1 saturated carbocycles. The molecule has 6 nitrogen and oxygen atoms in total. The number of benzene rings is 3. The number of nitrogens with zero attached hydrogens (tertiary/aromatic N) is 4. The number of alkyl halides is 2. The normalized spacial score (nSPS) is 28.1. The number of phenols is 1. The Labute approximate surface area is 253 Å². The molecule has 4 fully saturated rings. The molecule has 4 atom stereocenters. The van der Waals surface area contributed by atoms with Gasteiger partial charge in [0.25, 0.3) is 0 Å². The average Bonchev–Trinajstić information content (AvgIpc) is 3.59. The number of terminal acetylenes is 1. The van der Waals surface area contributed by atoms with E-state index in [1.807, 2.05) is 11.0 Å². The number of hydrogen-bond acceptors (Lipinski definition) is 6. The summed E-state index contributed by atoms with van der Waals surface area (Å²) in [5.74, 6) is 2.39. The summed E-state index contributed by atoms with van der Waals surface area (Å²) in [7, 11) is 0. The van der Waals surface area contributed by atoms with Crippen LogP contribution in [0.4, 0.5) is 19.0 Å². The Balaban J connectivity index is 1.27. The van der Waals surface area contributed by atoms with Crippen LogP contribution in [0.1, 0.15) is 37.7 Å². The lowest BCUT2D eigenvalue weighted by Crippen LogP contribution is -2.44. The van der Waals surface area contributed by atoms with Crippen LogP contribution in [-0.4, -0.2) is 70.6 Å². The van der Waals surface area contributed by atoms with E-state index in [9.17, 15) is 13.9 Å². The van der Waals surface area contributed by atoms with E-state index in [0.717, 1.165) is 32.2 Å². The van der Waals surface area contributed by atoms with Gasteiger partial charge >= 0.3 is 6.01 Å². The van der Waals surface area contributed by atoms with Crippen molar-refractivity contribution >= 4 is 27.5 Å². The summed E-state index contributed by atoms with van der Waals surface area (Å²) < 4.78 is 52.4. The van der Waals surface area contributed by atoms with Crippen molar-refractivity contribution in [2.45, 2.75) is 50.0 Å². The van der Waals surface area contributed by atoms with E-state index < -0.39 is 23.7 Å². The standard InChI is InChI=1S/C35H33F3N4O2/c1-2-20-5-3-6-21-13-25(43)14-28(29(20)21)26-9-10-27-32(31(26)38)39-34(44-19-35-11-4-12-42(35)18-24(36)15-35)40-33(27)41-16-22-7-8-23(17-41)30(22)37/h1,3,5-6,9-10,13-14,22-24,30,43H,4,7-8,11-12,15-19H2/t22?,23?,24-,30?,35+/m1/s1. The molecule has 4 aliphatic rings. The van der Waals surface area contributed by atoms with Crippen molar-refractivity contribution < 1.29 is 23.0 Å². The van der Waals surface area contributed by atoms with Gasteiger partial charge in [0.15, 0.2) is 5.82 Å². The van der Waals surface area contributed by atoms with Crippen LogP contribution in [0.5, 0.6) is 11.8 Å². The van der Waals surface area contributed by atoms with Gasteiger partial charge < -0.3 is 14.7 Å². The van der Waals surface area contributed by atoms with Gasteiger partial charge in [-0.15, -0.1) is 6.42 Å². The lowest BCUT2D eigenvalue weighted by atomic mass is 9.93. The van der Waals surface area contributed by atoms with Crippen LogP contribution in [0.3, 0.4) is 0 Å². The van der Waals surface area contributed by atoms with Crippen molar-refractivity contribution in [3.63, 3.8) is 0 Å². The van der Waals surface area contributed by atoms with Gasteiger partial charge in [-0.1, -0.05) is 24.1 Å². The fourth-order valence-corrected chi connectivity index (χ4v) is 8.36. The van der Waals surface area contributed by atoms with E-state index in [2.05, 4.69) is 15.8 Å². The maximum Gasteiger partial charge on any atom is 0.319 e. The average molecular weight is 599 g/mol. The van der Waals surface area contributed by atoms with Crippen LogP contribution in [-0.2, 0) is 0 Å². The number of aromatic hydroxyl groups is 1. The fourth-order valence-electron chi connectivity index (χ4n) is 8.36. The molecular weight excluding hydrogens is 565 g/mol. The zero-order valence-corrected chi connectivity index (χ0v) is 24.3. The molecule has 1 N–H and O–H groups in total. The summed E-state index contributed by atoms with van der Waals surface area (Å²) in [4.78, 5) is 13.6. The van der Waals surface area contributed by atoms with Crippen molar-refractivity contribution in [1.29, 1.82) is 0 Å². The Hall–Kier alpha value is -4.03. The molecule has 1 aliphatic carbocycles. The number of rotatable bonds is 5. The SMILES string of the molecule is C#Cc1cccc2cc(O)cc(-c3ccc4c(N5CC6CCC(C5)C6F)nc(OC[C@@]56CCCN5C[C@H](F)C6)nc4c3F)c12. The smallest absolute Gasteiger partial charge is 0.319 e. The van der Waals surface area contributed by atoms with Gasteiger partial charge in [-0.25, -0.2) is 13.2 Å². The predicted octanol–water partition coefficient (Wildman–Crippen LogP) is 6.42. The number of fused-ring (bicyclic) bond motifs is 5. The van der Waals surface area contributed by atoms with E-state index in [-0.39, 0.29) is 41.3 Å². The van der Waals surface area contributed by atoms with Crippen LogP contribution >= 0.6 is 0 Å². The van der Waals surface area contributed by atoms with E-state index in [1.54, 1.807) is 30.3 Å².